The van der Waals surface area contributed by atoms with Crippen LogP contribution in [-0.2, 0) is 28.6 Å². The van der Waals surface area contributed by atoms with Crippen molar-refractivity contribution in [2.45, 2.75) is 174 Å². The van der Waals surface area contributed by atoms with Crippen molar-refractivity contribution in [3.05, 3.63) is 36.5 Å². The van der Waals surface area contributed by atoms with Gasteiger partial charge in [-0.2, -0.15) is 0 Å². The van der Waals surface area contributed by atoms with Crippen molar-refractivity contribution in [2.24, 2.45) is 0 Å². The smallest absolute Gasteiger partial charge is 0.306 e. The van der Waals surface area contributed by atoms with E-state index in [0.717, 1.165) is 44.9 Å². The summed E-state index contributed by atoms with van der Waals surface area (Å²) >= 11 is 0. The zero-order valence-electron chi connectivity index (χ0n) is 32.8. The molecule has 2 unspecified atom stereocenters. The summed E-state index contributed by atoms with van der Waals surface area (Å²) in [4.78, 5) is 36.6. The van der Waals surface area contributed by atoms with Crippen LogP contribution in [-0.4, -0.2) is 75.5 Å². The number of ether oxygens (including phenoxy) is 3. The van der Waals surface area contributed by atoms with Gasteiger partial charge in [-0.15, -0.1) is 0 Å². The number of likely N-dealkylation sites (N-methyl/N-ethyl adjacent to an activating group) is 1. The molecule has 0 saturated carbocycles. The molecule has 0 spiro atoms. The van der Waals surface area contributed by atoms with Crippen molar-refractivity contribution >= 4 is 17.9 Å². The molecule has 0 aromatic heterocycles. The van der Waals surface area contributed by atoms with Crippen LogP contribution in [0.15, 0.2) is 36.5 Å². The fraction of sp³-hybridized carbons (Fsp3) is 0.786. The SMILES string of the molecule is CC/C=C/C/C=C/CCCCC(=O)OC(COCCC(C(=O)[O-])[N+](C)(C)C)COC(=O)CCCCCCCCC/C=C/CCCCCCCC. The number of nitrogens with zero attached hydrogens (tertiary/aromatic N) is 1. The van der Waals surface area contributed by atoms with E-state index in [1.54, 1.807) is 21.1 Å². The lowest BCUT2D eigenvalue weighted by Crippen LogP contribution is -2.55. The molecule has 0 aliphatic heterocycles. The molecule has 0 heterocycles. The second-order valence-electron chi connectivity index (χ2n) is 14.5. The maximum Gasteiger partial charge on any atom is 0.306 e. The fourth-order valence-electron chi connectivity index (χ4n) is 5.63. The number of hydrogen-bond donors (Lipinski definition) is 0. The summed E-state index contributed by atoms with van der Waals surface area (Å²) in [6.45, 7) is 4.48. The number of rotatable bonds is 35. The number of aliphatic carboxylic acids is 1. The number of esters is 2. The van der Waals surface area contributed by atoms with Crippen LogP contribution in [0.25, 0.3) is 0 Å². The average molecular weight is 706 g/mol. The second-order valence-corrected chi connectivity index (χ2v) is 14.5. The van der Waals surface area contributed by atoms with Gasteiger partial charge in [0.2, 0.25) is 0 Å². The number of unbranched alkanes of at least 4 members (excludes halogenated alkanes) is 15. The van der Waals surface area contributed by atoms with Gasteiger partial charge in [-0.25, -0.2) is 0 Å². The Morgan fingerprint density at radius 3 is 1.70 bits per heavy atom. The highest BCUT2D eigenvalue weighted by Gasteiger charge is 2.25. The van der Waals surface area contributed by atoms with Gasteiger partial charge in [0.1, 0.15) is 12.6 Å². The second kappa shape index (κ2) is 33.7. The van der Waals surface area contributed by atoms with Gasteiger partial charge in [0.25, 0.3) is 0 Å². The monoisotopic (exact) mass is 706 g/mol. The molecule has 2 atom stereocenters. The highest BCUT2D eigenvalue weighted by Crippen LogP contribution is 2.13. The van der Waals surface area contributed by atoms with Crippen LogP contribution in [0.1, 0.15) is 162 Å². The minimum Gasteiger partial charge on any atom is -0.544 e. The summed E-state index contributed by atoms with van der Waals surface area (Å²) < 4.78 is 17.0. The Bertz CT molecular complexity index is 922. The number of carbonyl (C=O) groups excluding carboxylic acids is 3. The summed E-state index contributed by atoms with van der Waals surface area (Å²) in [6, 6.07) is -0.729. The Morgan fingerprint density at radius 1 is 0.620 bits per heavy atom. The van der Waals surface area contributed by atoms with Gasteiger partial charge in [0.15, 0.2) is 6.10 Å². The molecule has 0 aliphatic carbocycles. The van der Waals surface area contributed by atoms with E-state index in [0.29, 0.717) is 12.8 Å². The highest BCUT2D eigenvalue weighted by molar-refractivity contribution is 5.70. The molecule has 290 valence electrons. The molecule has 0 bridgehead atoms. The number of carboxylic acids is 1. The third-order valence-electron chi connectivity index (χ3n) is 8.76. The van der Waals surface area contributed by atoms with E-state index in [9.17, 15) is 19.5 Å². The zero-order valence-corrected chi connectivity index (χ0v) is 32.8. The van der Waals surface area contributed by atoms with Crippen LogP contribution >= 0.6 is 0 Å². The molecule has 0 rings (SSSR count). The van der Waals surface area contributed by atoms with Crippen LogP contribution < -0.4 is 5.11 Å². The molecule has 0 aromatic rings. The summed E-state index contributed by atoms with van der Waals surface area (Å²) in [5, 5.41) is 11.6. The van der Waals surface area contributed by atoms with Crippen LogP contribution in [0.3, 0.4) is 0 Å². The molecular formula is C42H75NO7. The fourth-order valence-corrected chi connectivity index (χ4v) is 5.63. The molecule has 50 heavy (non-hydrogen) atoms. The topological polar surface area (TPSA) is 102 Å². The Morgan fingerprint density at radius 2 is 1.12 bits per heavy atom. The molecule has 0 amide bonds. The molecular weight excluding hydrogens is 630 g/mol. The minimum absolute atomic E-state index is 0.0266. The molecule has 8 heteroatoms. The van der Waals surface area contributed by atoms with Gasteiger partial charge in [-0.1, -0.05) is 115 Å². The average Bonchev–Trinajstić information content (AvgIpc) is 3.06. The normalized spacial score (nSPS) is 13.4. The van der Waals surface area contributed by atoms with Gasteiger partial charge >= 0.3 is 11.9 Å². The minimum atomic E-state index is -1.13. The van der Waals surface area contributed by atoms with Gasteiger partial charge in [0, 0.05) is 19.3 Å². The van der Waals surface area contributed by atoms with Crippen molar-refractivity contribution < 1.29 is 38.2 Å². The quantitative estimate of drug-likeness (QED) is 0.0281. The summed E-state index contributed by atoms with van der Waals surface area (Å²) in [5.74, 6) is -1.79. The molecule has 8 nitrogen and oxygen atoms in total. The molecule has 0 N–H and O–H groups in total. The first-order valence-corrected chi connectivity index (χ1v) is 20.0. The maximum atomic E-state index is 12.6. The van der Waals surface area contributed by atoms with E-state index < -0.39 is 18.1 Å². The van der Waals surface area contributed by atoms with E-state index >= 15 is 0 Å². The van der Waals surface area contributed by atoms with Crippen LogP contribution in [0.4, 0.5) is 0 Å². The van der Waals surface area contributed by atoms with Crippen LogP contribution in [0.2, 0.25) is 0 Å². The third-order valence-corrected chi connectivity index (χ3v) is 8.76. The maximum absolute atomic E-state index is 12.6. The molecule has 0 saturated heterocycles. The lowest BCUT2D eigenvalue weighted by molar-refractivity contribution is -0.889. The van der Waals surface area contributed by atoms with Gasteiger partial charge in [-0.05, 0) is 64.2 Å². The first kappa shape index (κ1) is 47.5. The third kappa shape index (κ3) is 31.5. The first-order valence-electron chi connectivity index (χ1n) is 20.0. The van der Waals surface area contributed by atoms with E-state index in [-0.39, 0.29) is 49.1 Å². The molecule has 0 fully saturated rings. The Balaban J connectivity index is 4.34. The Kier molecular flexibility index (Phi) is 32.0. The van der Waals surface area contributed by atoms with Crippen molar-refractivity contribution in [3.63, 3.8) is 0 Å². The van der Waals surface area contributed by atoms with Crippen molar-refractivity contribution in [2.75, 3.05) is 41.0 Å². The number of carbonyl (C=O) groups is 3. The number of allylic oxidation sites excluding steroid dienone is 6. The van der Waals surface area contributed by atoms with Gasteiger partial charge in [0.05, 0.1) is 40.3 Å². The molecule has 0 radical (unpaired) electrons. The highest BCUT2D eigenvalue weighted by atomic mass is 16.6. The Hall–Kier alpha value is -2.45. The van der Waals surface area contributed by atoms with E-state index in [2.05, 4.69) is 50.3 Å². The van der Waals surface area contributed by atoms with E-state index in [4.69, 9.17) is 14.2 Å². The number of carboxylic acid groups (broad SMARTS) is 1. The van der Waals surface area contributed by atoms with E-state index in [1.165, 1.54) is 77.0 Å². The van der Waals surface area contributed by atoms with Crippen LogP contribution in [0.5, 0.6) is 0 Å². The van der Waals surface area contributed by atoms with Crippen molar-refractivity contribution in [1.82, 2.24) is 0 Å². The number of quaternary nitrogens is 1. The van der Waals surface area contributed by atoms with E-state index in [1.807, 2.05) is 0 Å². The molecule has 0 aromatic carbocycles. The largest absolute Gasteiger partial charge is 0.544 e. The lowest BCUT2D eigenvalue weighted by Gasteiger charge is -2.34. The van der Waals surface area contributed by atoms with Crippen LogP contribution in [0, 0.1) is 0 Å². The predicted molar refractivity (Wildman–Crippen MR) is 203 cm³/mol. The Labute approximate surface area is 306 Å². The van der Waals surface area contributed by atoms with Gasteiger partial charge < -0.3 is 28.6 Å². The zero-order chi connectivity index (χ0) is 37.1. The number of hydrogen-bond acceptors (Lipinski definition) is 7. The summed E-state index contributed by atoms with van der Waals surface area (Å²) in [5.41, 5.74) is 0. The van der Waals surface area contributed by atoms with Gasteiger partial charge in [-0.3, -0.25) is 9.59 Å². The molecule has 0 aliphatic rings. The van der Waals surface area contributed by atoms with Crippen molar-refractivity contribution in [1.29, 1.82) is 0 Å². The first-order chi connectivity index (χ1) is 24.1. The lowest BCUT2D eigenvalue weighted by atomic mass is 10.1. The summed E-state index contributed by atoms with van der Waals surface area (Å²) in [6.07, 6.45) is 36.1. The standard InChI is InChI=1S/C42H75NO7/c1-6-8-10-12-14-16-17-18-19-20-21-22-23-25-26-28-30-32-40(44)49-37-38(36-48-35-34-39(42(46)47)43(3,4)5)50-41(45)33-31-29-27-24-15-13-11-9-7-2/h9,11,15,18-19,24,38-39H,6-8,10,12-14,16-17,20-23,25-37H2,1-5H3/b11-9+,19-18+,24-15+. The predicted octanol–water partition coefficient (Wildman–Crippen LogP) is 8.96. The summed E-state index contributed by atoms with van der Waals surface area (Å²) in [7, 11) is 5.38. The van der Waals surface area contributed by atoms with Crippen molar-refractivity contribution in [3.8, 4) is 0 Å².